The van der Waals surface area contributed by atoms with Crippen molar-refractivity contribution in [2.75, 3.05) is 0 Å². The van der Waals surface area contributed by atoms with E-state index in [-0.39, 0.29) is 5.76 Å². The molecule has 4 nitrogen and oxygen atoms in total. The van der Waals surface area contributed by atoms with E-state index in [4.69, 9.17) is 9.63 Å². The maximum Gasteiger partial charge on any atom is 0.375 e. The molecule has 0 amide bonds. The minimum Gasteiger partial charge on any atom is -0.475 e. The number of nitrogens with zero attached hydrogens (tertiary/aromatic N) is 1. The Morgan fingerprint density at radius 2 is 2.06 bits per heavy atom. The van der Waals surface area contributed by atoms with E-state index in [2.05, 4.69) is 5.16 Å². The van der Waals surface area contributed by atoms with E-state index in [0.717, 1.165) is 5.56 Å². The second-order valence-corrected chi connectivity index (χ2v) is 3.36. The Morgan fingerprint density at radius 3 is 2.62 bits per heavy atom. The molecule has 0 saturated heterocycles. The largest absolute Gasteiger partial charge is 0.475 e. The molecule has 0 aliphatic heterocycles. The standard InChI is InChI=1S/C12H11NO3/c1-2-9-10(8-6-4-3-5-7-8)13-16-11(9)12(14)15/h3-7H,2H2,1H3,(H,14,15). The van der Waals surface area contributed by atoms with Gasteiger partial charge in [0, 0.05) is 11.1 Å². The van der Waals surface area contributed by atoms with Gasteiger partial charge in [-0.1, -0.05) is 42.4 Å². The highest BCUT2D eigenvalue weighted by atomic mass is 16.5. The molecule has 0 bridgehead atoms. The maximum atomic E-state index is 10.9. The first-order chi connectivity index (χ1) is 7.74. The quantitative estimate of drug-likeness (QED) is 0.858. The molecule has 1 heterocycles. The normalized spacial score (nSPS) is 10.3. The van der Waals surface area contributed by atoms with Crippen molar-refractivity contribution in [2.24, 2.45) is 0 Å². The van der Waals surface area contributed by atoms with Crippen LogP contribution in [0.3, 0.4) is 0 Å². The van der Waals surface area contributed by atoms with Gasteiger partial charge >= 0.3 is 5.97 Å². The monoisotopic (exact) mass is 217 g/mol. The van der Waals surface area contributed by atoms with Gasteiger partial charge in [-0.15, -0.1) is 0 Å². The molecule has 1 aromatic heterocycles. The van der Waals surface area contributed by atoms with E-state index in [0.29, 0.717) is 17.7 Å². The van der Waals surface area contributed by atoms with E-state index in [1.165, 1.54) is 0 Å². The fourth-order valence-electron chi connectivity index (χ4n) is 1.63. The number of carbonyl (C=O) groups is 1. The Hall–Kier alpha value is -2.10. The van der Waals surface area contributed by atoms with Crippen LogP contribution in [-0.2, 0) is 6.42 Å². The lowest BCUT2D eigenvalue weighted by atomic mass is 10.0. The van der Waals surface area contributed by atoms with Crippen LogP contribution in [0.5, 0.6) is 0 Å². The molecule has 0 fully saturated rings. The lowest BCUT2D eigenvalue weighted by Gasteiger charge is -1.98. The van der Waals surface area contributed by atoms with Crippen LogP contribution in [0.15, 0.2) is 34.9 Å². The number of hydrogen-bond donors (Lipinski definition) is 1. The first-order valence-corrected chi connectivity index (χ1v) is 5.01. The van der Waals surface area contributed by atoms with Crippen LogP contribution in [0, 0.1) is 0 Å². The molecule has 0 radical (unpaired) electrons. The highest BCUT2D eigenvalue weighted by Gasteiger charge is 2.20. The Morgan fingerprint density at radius 1 is 1.38 bits per heavy atom. The number of aromatic nitrogens is 1. The van der Waals surface area contributed by atoms with Gasteiger partial charge in [-0.05, 0) is 6.42 Å². The summed E-state index contributed by atoms with van der Waals surface area (Å²) in [6, 6.07) is 9.41. The fourth-order valence-corrected chi connectivity index (χ4v) is 1.63. The predicted molar refractivity (Wildman–Crippen MR) is 58.3 cm³/mol. The molecular weight excluding hydrogens is 206 g/mol. The van der Waals surface area contributed by atoms with Crippen LogP contribution in [0.25, 0.3) is 11.3 Å². The van der Waals surface area contributed by atoms with Crippen molar-refractivity contribution in [2.45, 2.75) is 13.3 Å². The van der Waals surface area contributed by atoms with Crippen molar-refractivity contribution in [3.8, 4) is 11.3 Å². The van der Waals surface area contributed by atoms with Crippen molar-refractivity contribution in [1.29, 1.82) is 0 Å². The summed E-state index contributed by atoms with van der Waals surface area (Å²) in [6.07, 6.45) is 0.579. The van der Waals surface area contributed by atoms with Gasteiger partial charge in [0.05, 0.1) is 0 Å². The number of carboxylic acids is 1. The van der Waals surface area contributed by atoms with Gasteiger partial charge in [-0.3, -0.25) is 0 Å². The Balaban J connectivity index is 2.54. The number of rotatable bonds is 3. The summed E-state index contributed by atoms with van der Waals surface area (Å²) in [7, 11) is 0. The zero-order valence-corrected chi connectivity index (χ0v) is 8.80. The SMILES string of the molecule is CCc1c(-c2ccccc2)noc1C(=O)O. The molecular formula is C12H11NO3. The van der Waals surface area contributed by atoms with Gasteiger partial charge in [0.1, 0.15) is 5.69 Å². The summed E-state index contributed by atoms with van der Waals surface area (Å²) in [4.78, 5) is 10.9. The van der Waals surface area contributed by atoms with Gasteiger partial charge in [0.15, 0.2) is 0 Å². The number of aromatic carboxylic acids is 1. The molecule has 0 saturated carbocycles. The van der Waals surface area contributed by atoms with Crippen LogP contribution in [0.2, 0.25) is 0 Å². The average Bonchev–Trinajstić information content (AvgIpc) is 2.73. The van der Waals surface area contributed by atoms with Crippen molar-refractivity contribution >= 4 is 5.97 Å². The van der Waals surface area contributed by atoms with Crippen LogP contribution >= 0.6 is 0 Å². The first kappa shape index (κ1) is 10.4. The molecule has 0 spiro atoms. The summed E-state index contributed by atoms with van der Waals surface area (Å²) in [5, 5.41) is 12.7. The molecule has 1 N–H and O–H groups in total. The smallest absolute Gasteiger partial charge is 0.375 e. The number of carboxylic acid groups (broad SMARTS) is 1. The van der Waals surface area contributed by atoms with Gasteiger partial charge in [0.2, 0.25) is 5.76 Å². The molecule has 82 valence electrons. The van der Waals surface area contributed by atoms with Crippen molar-refractivity contribution < 1.29 is 14.4 Å². The maximum absolute atomic E-state index is 10.9. The van der Waals surface area contributed by atoms with Gasteiger partial charge < -0.3 is 9.63 Å². The van der Waals surface area contributed by atoms with Crippen LogP contribution in [0.1, 0.15) is 23.0 Å². The zero-order valence-electron chi connectivity index (χ0n) is 8.80. The summed E-state index contributed by atoms with van der Waals surface area (Å²) < 4.78 is 4.85. The third-order valence-electron chi connectivity index (χ3n) is 2.38. The second-order valence-electron chi connectivity index (χ2n) is 3.36. The topological polar surface area (TPSA) is 63.3 Å². The third-order valence-corrected chi connectivity index (χ3v) is 2.38. The van der Waals surface area contributed by atoms with E-state index in [1.807, 2.05) is 37.3 Å². The highest BCUT2D eigenvalue weighted by Crippen LogP contribution is 2.25. The lowest BCUT2D eigenvalue weighted by Crippen LogP contribution is -1.98. The summed E-state index contributed by atoms with van der Waals surface area (Å²) in [5.41, 5.74) is 2.12. The second kappa shape index (κ2) is 4.18. The number of hydrogen-bond acceptors (Lipinski definition) is 3. The number of benzene rings is 1. The van der Waals surface area contributed by atoms with Gasteiger partial charge in [0.25, 0.3) is 0 Å². The highest BCUT2D eigenvalue weighted by molar-refractivity contribution is 5.88. The zero-order chi connectivity index (χ0) is 11.5. The molecule has 0 unspecified atom stereocenters. The third kappa shape index (κ3) is 1.69. The Kier molecular flexibility index (Phi) is 2.72. The van der Waals surface area contributed by atoms with E-state index in [9.17, 15) is 4.79 Å². The minimum absolute atomic E-state index is 0.0682. The van der Waals surface area contributed by atoms with Crippen molar-refractivity contribution in [3.63, 3.8) is 0 Å². The molecule has 0 atom stereocenters. The summed E-state index contributed by atoms with van der Waals surface area (Å²) in [6.45, 7) is 1.88. The van der Waals surface area contributed by atoms with Gasteiger partial charge in [-0.2, -0.15) is 0 Å². The minimum atomic E-state index is -1.08. The molecule has 16 heavy (non-hydrogen) atoms. The van der Waals surface area contributed by atoms with E-state index in [1.54, 1.807) is 0 Å². The fraction of sp³-hybridized carbons (Fsp3) is 0.167. The molecule has 0 aliphatic carbocycles. The Labute approximate surface area is 92.5 Å². The van der Waals surface area contributed by atoms with Crippen molar-refractivity contribution in [1.82, 2.24) is 5.16 Å². The lowest BCUT2D eigenvalue weighted by molar-refractivity contribution is 0.0650. The summed E-state index contributed by atoms with van der Waals surface area (Å²) >= 11 is 0. The molecule has 2 aromatic rings. The first-order valence-electron chi connectivity index (χ1n) is 5.01. The molecule has 1 aromatic carbocycles. The molecule has 2 rings (SSSR count). The van der Waals surface area contributed by atoms with E-state index < -0.39 is 5.97 Å². The average molecular weight is 217 g/mol. The van der Waals surface area contributed by atoms with Gasteiger partial charge in [-0.25, -0.2) is 4.79 Å². The van der Waals surface area contributed by atoms with Crippen LogP contribution in [0.4, 0.5) is 0 Å². The molecule has 4 heteroatoms. The van der Waals surface area contributed by atoms with Crippen molar-refractivity contribution in [3.05, 3.63) is 41.7 Å². The van der Waals surface area contributed by atoms with E-state index >= 15 is 0 Å². The molecule has 0 aliphatic rings. The van der Waals surface area contributed by atoms with Crippen LogP contribution in [-0.4, -0.2) is 16.2 Å². The Bertz CT molecular complexity index is 502. The summed E-state index contributed by atoms with van der Waals surface area (Å²) in [5.74, 6) is -1.15. The van der Waals surface area contributed by atoms with Crippen LogP contribution < -0.4 is 0 Å². The predicted octanol–water partition coefficient (Wildman–Crippen LogP) is 2.60.